The Morgan fingerprint density at radius 1 is 1.40 bits per heavy atom. The molecule has 0 spiro atoms. The van der Waals surface area contributed by atoms with Gasteiger partial charge in [0.05, 0.1) is 11.4 Å². The van der Waals surface area contributed by atoms with Crippen LogP contribution in [0.15, 0.2) is 34.2 Å². The van der Waals surface area contributed by atoms with E-state index >= 15 is 0 Å². The Kier molecular flexibility index (Phi) is 9.54. The number of nitrogens with two attached hydrogens (primary N) is 1. The van der Waals surface area contributed by atoms with Gasteiger partial charge in [0, 0.05) is 17.8 Å². The summed E-state index contributed by atoms with van der Waals surface area (Å²) in [5, 5.41) is 12.6. The van der Waals surface area contributed by atoms with Crippen LogP contribution in [0.4, 0.5) is 0 Å². The van der Waals surface area contributed by atoms with E-state index in [1.165, 1.54) is 12.5 Å². The molecule has 0 aromatic heterocycles. The lowest BCUT2D eigenvalue weighted by Crippen LogP contribution is -2.42. The second kappa shape index (κ2) is 10.6. The van der Waals surface area contributed by atoms with Gasteiger partial charge < -0.3 is 10.6 Å². The van der Waals surface area contributed by atoms with Crippen molar-refractivity contribution in [2.24, 2.45) is 10.1 Å². The largest absolute Gasteiger partial charge is 0.357 e. The molecule has 2 atom stereocenters. The molecule has 1 fully saturated rings. The van der Waals surface area contributed by atoms with Gasteiger partial charge in [-0.1, -0.05) is 12.1 Å². The van der Waals surface area contributed by atoms with E-state index < -0.39 is 10.0 Å². The number of sulfonamides is 1. The quantitative estimate of drug-likeness (QED) is 0.318. The van der Waals surface area contributed by atoms with Gasteiger partial charge in [-0.05, 0) is 50.1 Å². The number of nitrogens with zero attached hydrogens (tertiary/aromatic N) is 1. The van der Waals surface area contributed by atoms with E-state index in [9.17, 15) is 8.42 Å². The summed E-state index contributed by atoms with van der Waals surface area (Å²) in [6, 6.07) is 7.04. The van der Waals surface area contributed by atoms with Gasteiger partial charge in [-0.25, -0.2) is 18.5 Å². The number of benzene rings is 1. The number of aliphatic imine (C=N–C) groups is 1. The predicted octanol–water partition coefficient (Wildman–Crippen LogP) is 2.29. The second-order valence-corrected chi connectivity index (χ2v) is 8.60. The average molecular weight is 498 g/mol. The highest BCUT2D eigenvalue weighted by Gasteiger charge is 2.24. The van der Waals surface area contributed by atoms with Crippen LogP contribution >= 0.6 is 35.7 Å². The number of nitrogens with one attached hydrogen (secondary N) is 2. The van der Waals surface area contributed by atoms with E-state index in [0.29, 0.717) is 12.6 Å². The Balaban J connectivity index is 0.00000312. The van der Waals surface area contributed by atoms with Crippen LogP contribution in [0.5, 0.6) is 0 Å². The Morgan fingerprint density at radius 3 is 2.76 bits per heavy atom. The lowest BCUT2D eigenvalue weighted by molar-refractivity contribution is 0.597. The molecule has 0 heterocycles. The van der Waals surface area contributed by atoms with Gasteiger partial charge in [0.1, 0.15) is 0 Å². The number of thioether (sulfide) groups is 1. The highest BCUT2D eigenvalue weighted by molar-refractivity contribution is 14.0. The molecule has 4 N–H and O–H groups in total. The molecular formula is C16H27IN4O2S2. The minimum Gasteiger partial charge on any atom is -0.357 e. The van der Waals surface area contributed by atoms with Crippen LogP contribution in [0.2, 0.25) is 0 Å². The standard InChI is InChI=1S/C16H26N4O2S2.HI/c1-3-18-16(20-13-7-8-14(10-13)23-2)19-11-12-5-4-6-15(9-12)24(17,21)22;/h4-6,9,13-14H,3,7-8,10-11H2,1-2H3,(H2,17,21,22)(H2,18,19,20);1H. The first-order valence-corrected chi connectivity index (χ1v) is 10.9. The van der Waals surface area contributed by atoms with Crippen molar-refractivity contribution >= 4 is 51.7 Å². The molecule has 1 saturated carbocycles. The summed E-state index contributed by atoms with van der Waals surface area (Å²) in [6.45, 7) is 3.21. The van der Waals surface area contributed by atoms with E-state index in [-0.39, 0.29) is 28.9 Å². The lowest BCUT2D eigenvalue weighted by Gasteiger charge is -2.17. The number of hydrogen-bond donors (Lipinski definition) is 3. The summed E-state index contributed by atoms with van der Waals surface area (Å²) >= 11 is 1.92. The summed E-state index contributed by atoms with van der Waals surface area (Å²) < 4.78 is 22.9. The van der Waals surface area contributed by atoms with Gasteiger partial charge in [0.15, 0.2) is 5.96 Å². The van der Waals surface area contributed by atoms with Crippen LogP contribution in [0.1, 0.15) is 31.7 Å². The number of guanidine groups is 1. The summed E-state index contributed by atoms with van der Waals surface area (Å²) in [7, 11) is -3.68. The molecule has 0 aliphatic heterocycles. The maximum absolute atomic E-state index is 11.4. The second-order valence-electron chi connectivity index (χ2n) is 5.90. The van der Waals surface area contributed by atoms with Crippen molar-refractivity contribution in [3.05, 3.63) is 29.8 Å². The summed E-state index contributed by atoms with van der Waals surface area (Å²) in [5.41, 5.74) is 0.812. The number of hydrogen-bond acceptors (Lipinski definition) is 4. The highest BCUT2D eigenvalue weighted by atomic mass is 127. The van der Waals surface area contributed by atoms with Gasteiger partial charge in [-0.15, -0.1) is 24.0 Å². The molecule has 0 amide bonds. The molecule has 9 heteroatoms. The molecule has 0 bridgehead atoms. The van der Waals surface area contributed by atoms with Crippen LogP contribution in [0.25, 0.3) is 0 Å². The van der Waals surface area contributed by atoms with Crippen molar-refractivity contribution in [3.8, 4) is 0 Å². The van der Waals surface area contributed by atoms with Gasteiger partial charge >= 0.3 is 0 Å². The Labute approximate surface area is 171 Å². The van der Waals surface area contributed by atoms with Crippen LogP contribution in [-0.4, -0.2) is 38.5 Å². The van der Waals surface area contributed by atoms with Crippen molar-refractivity contribution in [2.45, 2.75) is 48.9 Å². The fourth-order valence-electron chi connectivity index (χ4n) is 2.79. The van der Waals surface area contributed by atoms with Crippen LogP contribution in [0.3, 0.4) is 0 Å². The molecule has 142 valence electrons. The topological polar surface area (TPSA) is 96.6 Å². The summed E-state index contributed by atoms with van der Waals surface area (Å²) in [6.07, 6.45) is 5.68. The van der Waals surface area contributed by atoms with E-state index in [1.807, 2.05) is 24.8 Å². The molecule has 2 rings (SSSR count). The number of primary sulfonamides is 1. The number of halogens is 1. The van der Waals surface area contributed by atoms with Gasteiger partial charge in [0.25, 0.3) is 0 Å². The highest BCUT2D eigenvalue weighted by Crippen LogP contribution is 2.28. The molecule has 0 radical (unpaired) electrons. The van der Waals surface area contributed by atoms with Crippen molar-refractivity contribution < 1.29 is 8.42 Å². The van der Waals surface area contributed by atoms with Gasteiger partial charge in [-0.3, -0.25) is 0 Å². The molecule has 0 saturated heterocycles. The third-order valence-electron chi connectivity index (χ3n) is 4.05. The monoisotopic (exact) mass is 498 g/mol. The molecule has 1 aliphatic rings. The fraction of sp³-hybridized carbons (Fsp3) is 0.562. The van der Waals surface area contributed by atoms with Crippen molar-refractivity contribution in [1.29, 1.82) is 0 Å². The van der Waals surface area contributed by atoms with Crippen molar-refractivity contribution in [2.75, 3.05) is 12.8 Å². The Bertz CT molecular complexity index is 682. The molecule has 1 aliphatic carbocycles. The Hall–Kier alpha value is -0.520. The molecule has 6 nitrogen and oxygen atoms in total. The van der Waals surface area contributed by atoms with E-state index in [2.05, 4.69) is 21.9 Å². The average Bonchev–Trinajstić information content (AvgIpc) is 3.00. The zero-order valence-electron chi connectivity index (χ0n) is 14.6. The van der Waals surface area contributed by atoms with Gasteiger partial charge in [-0.2, -0.15) is 11.8 Å². The minimum atomic E-state index is -3.68. The molecule has 25 heavy (non-hydrogen) atoms. The smallest absolute Gasteiger partial charge is 0.238 e. The zero-order chi connectivity index (χ0) is 17.6. The number of rotatable bonds is 6. The van der Waals surface area contributed by atoms with E-state index in [0.717, 1.165) is 36.2 Å². The maximum Gasteiger partial charge on any atom is 0.238 e. The van der Waals surface area contributed by atoms with Crippen molar-refractivity contribution in [1.82, 2.24) is 10.6 Å². The predicted molar refractivity (Wildman–Crippen MR) is 116 cm³/mol. The third-order valence-corrected chi connectivity index (χ3v) is 6.06. The van der Waals surface area contributed by atoms with Crippen LogP contribution < -0.4 is 15.8 Å². The molecular weight excluding hydrogens is 471 g/mol. The molecule has 2 unspecified atom stereocenters. The van der Waals surface area contributed by atoms with Crippen molar-refractivity contribution in [3.63, 3.8) is 0 Å². The van der Waals surface area contributed by atoms with Gasteiger partial charge in [0.2, 0.25) is 10.0 Å². The molecule has 1 aromatic carbocycles. The van der Waals surface area contributed by atoms with Crippen LogP contribution in [-0.2, 0) is 16.6 Å². The lowest BCUT2D eigenvalue weighted by atomic mass is 10.2. The zero-order valence-corrected chi connectivity index (χ0v) is 18.5. The van der Waals surface area contributed by atoms with E-state index in [4.69, 9.17) is 5.14 Å². The maximum atomic E-state index is 11.4. The normalized spacial score (nSPS) is 20.8. The SMILES string of the molecule is CCNC(=NCc1cccc(S(N)(=O)=O)c1)NC1CCC(SC)C1.I. The summed E-state index contributed by atoms with van der Waals surface area (Å²) in [5.74, 6) is 0.769. The first kappa shape index (κ1) is 22.5. The first-order chi connectivity index (χ1) is 11.4. The third kappa shape index (κ3) is 7.32. The minimum absolute atomic E-state index is 0. The first-order valence-electron chi connectivity index (χ1n) is 8.11. The van der Waals surface area contributed by atoms with Crippen LogP contribution in [0, 0.1) is 0 Å². The molecule has 1 aromatic rings. The fourth-order valence-corrected chi connectivity index (χ4v) is 4.17. The van der Waals surface area contributed by atoms with E-state index in [1.54, 1.807) is 12.1 Å². The Morgan fingerprint density at radius 2 is 2.16 bits per heavy atom. The summed E-state index contributed by atoms with van der Waals surface area (Å²) in [4.78, 5) is 4.69.